The van der Waals surface area contributed by atoms with Crippen molar-refractivity contribution in [1.82, 2.24) is 0 Å². The van der Waals surface area contributed by atoms with E-state index in [1.54, 1.807) is 55.5 Å². The standard InChI is InChI=1S/C35H58O11/c1-4-5-11-16-31(42)34-33(44)22-29(40)20-27(38)18-25(36)17-26(37)19-28(39)21-32(43)23(2)14-12-9-7-6-8-10-13-15-30(41)24(3)46-35(34)45/h6-10,12-15,24-34,36-44H,4-5,11,16-22H2,1-3H3/b7-6+,10-8+,12-9+,15-13+,23-14+/t24-,25+,26-,27+,28-,29+,30-,31+,32-,33+,34+/m1/s1. The molecule has 264 valence electrons. The molecule has 9 N–H and O–H groups in total. The summed E-state index contributed by atoms with van der Waals surface area (Å²) >= 11 is 0. The summed E-state index contributed by atoms with van der Waals surface area (Å²) in [7, 11) is 0. The summed E-state index contributed by atoms with van der Waals surface area (Å²) in [4.78, 5) is 13.1. The highest BCUT2D eigenvalue weighted by molar-refractivity contribution is 5.74. The van der Waals surface area contributed by atoms with Gasteiger partial charge in [-0.3, -0.25) is 4.79 Å². The van der Waals surface area contributed by atoms with Gasteiger partial charge < -0.3 is 50.7 Å². The third-order valence-electron chi connectivity index (χ3n) is 8.03. The summed E-state index contributed by atoms with van der Waals surface area (Å²) in [5.41, 5.74) is 0.609. The smallest absolute Gasteiger partial charge is 0.314 e. The molecule has 0 aromatic carbocycles. The molecule has 0 bridgehead atoms. The fourth-order valence-electron chi connectivity index (χ4n) is 5.27. The minimum absolute atomic E-state index is 0.0162. The Labute approximate surface area is 273 Å². The monoisotopic (exact) mass is 654 g/mol. The van der Waals surface area contributed by atoms with Gasteiger partial charge in [-0.1, -0.05) is 80.9 Å². The predicted molar refractivity (Wildman–Crippen MR) is 175 cm³/mol. The zero-order valence-corrected chi connectivity index (χ0v) is 27.5. The molecule has 0 aromatic heterocycles. The molecule has 1 rings (SSSR count). The Morgan fingerprint density at radius 3 is 1.74 bits per heavy atom. The topological polar surface area (TPSA) is 208 Å². The molecule has 0 saturated carbocycles. The van der Waals surface area contributed by atoms with Crippen molar-refractivity contribution in [1.29, 1.82) is 0 Å². The second-order valence-corrected chi connectivity index (χ2v) is 12.4. The molecule has 1 aliphatic heterocycles. The normalized spacial score (nSPS) is 38.6. The molecule has 0 spiro atoms. The minimum Gasteiger partial charge on any atom is -0.459 e. The van der Waals surface area contributed by atoms with Crippen LogP contribution < -0.4 is 0 Å². The molecule has 11 nitrogen and oxygen atoms in total. The van der Waals surface area contributed by atoms with Crippen LogP contribution in [0.25, 0.3) is 0 Å². The van der Waals surface area contributed by atoms with E-state index in [1.807, 2.05) is 6.92 Å². The van der Waals surface area contributed by atoms with E-state index in [0.717, 1.165) is 12.8 Å². The molecule has 46 heavy (non-hydrogen) atoms. The number of carbonyl (C=O) groups is 1. The fraction of sp³-hybridized carbons (Fsp3) is 0.686. The summed E-state index contributed by atoms with van der Waals surface area (Å²) in [6.07, 6.45) is 4.69. The molecule has 1 aliphatic rings. The number of allylic oxidation sites excluding steroid dienone is 8. The van der Waals surface area contributed by atoms with E-state index < -0.39 is 72.9 Å². The van der Waals surface area contributed by atoms with E-state index in [4.69, 9.17) is 4.74 Å². The van der Waals surface area contributed by atoms with Crippen molar-refractivity contribution in [3.8, 4) is 0 Å². The lowest BCUT2D eigenvalue weighted by molar-refractivity contribution is -0.168. The number of hydrogen-bond donors (Lipinski definition) is 9. The Morgan fingerprint density at radius 2 is 1.20 bits per heavy atom. The van der Waals surface area contributed by atoms with Gasteiger partial charge in [-0.2, -0.15) is 0 Å². The number of aliphatic hydroxyl groups is 9. The third-order valence-corrected chi connectivity index (χ3v) is 8.03. The number of unbranched alkanes of at least 4 members (excludes halogenated alkanes) is 2. The zero-order valence-electron chi connectivity index (χ0n) is 27.5. The summed E-state index contributed by atoms with van der Waals surface area (Å²) < 4.78 is 5.42. The molecule has 0 aromatic rings. The molecule has 0 saturated heterocycles. The van der Waals surface area contributed by atoms with Crippen molar-refractivity contribution in [2.45, 2.75) is 146 Å². The summed E-state index contributed by atoms with van der Waals surface area (Å²) in [6.45, 7) is 5.18. The Kier molecular flexibility index (Phi) is 21.1. The average Bonchev–Trinajstić information content (AvgIpc) is 2.94. The predicted octanol–water partition coefficient (Wildman–Crippen LogP) is 1.89. The maximum atomic E-state index is 13.1. The van der Waals surface area contributed by atoms with Gasteiger partial charge in [0.2, 0.25) is 0 Å². The van der Waals surface area contributed by atoms with Gasteiger partial charge in [0.25, 0.3) is 0 Å². The van der Waals surface area contributed by atoms with Crippen molar-refractivity contribution in [2.24, 2.45) is 5.92 Å². The average molecular weight is 655 g/mol. The molecule has 0 unspecified atom stereocenters. The van der Waals surface area contributed by atoms with Crippen LogP contribution in [0.5, 0.6) is 0 Å². The van der Waals surface area contributed by atoms with Gasteiger partial charge in [-0.15, -0.1) is 0 Å². The van der Waals surface area contributed by atoms with E-state index in [0.29, 0.717) is 12.0 Å². The van der Waals surface area contributed by atoms with Gasteiger partial charge in [-0.25, -0.2) is 0 Å². The Morgan fingerprint density at radius 1 is 0.717 bits per heavy atom. The Bertz CT molecular complexity index is 991. The zero-order chi connectivity index (χ0) is 34.6. The van der Waals surface area contributed by atoms with Crippen molar-refractivity contribution >= 4 is 5.97 Å². The molecule has 11 heteroatoms. The molecular weight excluding hydrogens is 596 g/mol. The summed E-state index contributed by atoms with van der Waals surface area (Å²) in [6, 6.07) is 0. The third kappa shape index (κ3) is 17.7. The van der Waals surface area contributed by atoms with E-state index in [1.165, 1.54) is 13.0 Å². The largest absolute Gasteiger partial charge is 0.459 e. The number of ether oxygens (including phenoxy) is 1. The van der Waals surface area contributed by atoms with Crippen molar-refractivity contribution in [3.05, 3.63) is 60.3 Å². The molecule has 1 heterocycles. The van der Waals surface area contributed by atoms with Crippen LogP contribution in [0.4, 0.5) is 0 Å². The van der Waals surface area contributed by atoms with Gasteiger partial charge in [-0.05, 0) is 51.5 Å². The molecule has 11 atom stereocenters. The molecule has 0 fully saturated rings. The molecule has 0 amide bonds. The SMILES string of the molecule is CCCCC[C@H](O)[C@@H]1C(=O)O[C@H](C)[C@H](O)/C=C/C=C/C=C/C=C/C=C(\C)[C@H](O)C[C@H](O)C[C@H](O)C[C@H](O)C[C@H](O)C[C@H](O)C[C@@H]1O. The first-order valence-electron chi connectivity index (χ1n) is 16.4. The fourth-order valence-corrected chi connectivity index (χ4v) is 5.27. The highest BCUT2D eigenvalue weighted by Gasteiger charge is 2.37. The van der Waals surface area contributed by atoms with E-state index >= 15 is 0 Å². The second-order valence-electron chi connectivity index (χ2n) is 12.4. The second kappa shape index (κ2) is 23.2. The van der Waals surface area contributed by atoms with Crippen molar-refractivity contribution < 1.29 is 55.5 Å². The van der Waals surface area contributed by atoms with Crippen molar-refractivity contribution in [3.63, 3.8) is 0 Å². The maximum absolute atomic E-state index is 13.1. The Hall–Kier alpha value is -2.19. The lowest BCUT2D eigenvalue weighted by Crippen LogP contribution is -2.43. The van der Waals surface area contributed by atoms with Crippen LogP contribution >= 0.6 is 0 Å². The molecular formula is C35H58O11. The first-order chi connectivity index (χ1) is 21.7. The number of cyclic esters (lactones) is 1. The number of carbonyl (C=O) groups excluding carboxylic acids is 1. The quantitative estimate of drug-likeness (QED) is 0.154. The number of hydrogen-bond acceptors (Lipinski definition) is 11. The van der Waals surface area contributed by atoms with Gasteiger partial charge in [0.15, 0.2) is 0 Å². The van der Waals surface area contributed by atoms with E-state index in [-0.39, 0.29) is 44.9 Å². The lowest BCUT2D eigenvalue weighted by atomic mass is 9.87. The maximum Gasteiger partial charge on any atom is 0.314 e. The Balaban J connectivity index is 3.14. The van der Waals surface area contributed by atoms with Gasteiger partial charge in [0.05, 0.1) is 48.8 Å². The molecule has 0 radical (unpaired) electrons. The highest BCUT2D eigenvalue weighted by atomic mass is 16.6. The lowest BCUT2D eigenvalue weighted by Gasteiger charge is -2.29. The first kappa shape index (κ1) is 41.8. The van der Waals surface area contributed by atoms with Crippen LogP contribution in [0, 0.1) is 5.92 Å². The summed E-state index contributed by atoms with van der Waals surface area (Å²) in [5.74, 6) is -2.33. The van der Waals surface area contributed by atoms with Crippen LogP contribution in [0.1, 0.15) is 85.0 Å². The van der Waals surface area contributed by atoms with Gasteiger partial charge in [0.1, 0.15) is 18.1 Å². The van der Waals surface area contributed by atoms with Crippen LogP contribution in [0.2, 0.25) is 0 Å². The van der Waals surface area contributed by atoms with Gasteiger partial charge in [0, 0.05) is 12.8 Å². The van der Waals surface area contributed by atoms with E-state index in [9.17, 15) is 50.8 Å². The minimum atomic E-state index is -1.52. The van der Waals surface area contributed by atoms with Crippen LogP contribution in [-0.2, 0) is 9.53 Å². The number of rotatable bonds is 5. The highest BCUT2D eigenvalue weighted by Crippen LogP contribution is 2.24. The van der Waals surface area contributed by atoms with Gasteiger partial charge >= 0.3 is 5.97 Å². The number of esters is 1. The van der Waals surface area contributed by atoms with Crippen LogP contribution in [0.15, 0.2) is 60.3 Å². The molecule has 0 aliphatic carbocycles. The van der Waals surface area contributed by atoms with Crippen LogP contribution in [-0.4, -0.2) is 113 Å². The number of aliphatic hydroxyl groups excluding tert-OH is 9. The first-order valence-corrected chi connectivity index (χ1v) is 16.4. The summed E-state index contributed by atoms with van der Waals surface area (Å²) in [5, 5.41) is 94.8. The van der Waals surface area contributed by atoms with Crippen LogP contribution in [0.3, 0.4) is 0 Å². The van der Waals surface area contributed by atoms with Crippen molar-refractivity contribution in [2.75, 3.05) is 0 Å². The van der Waals surface area contributed by atoms with E-state index in [2.05, 4.69) is 0 Å².